The average Bonchev–Trinajstić information content (AvgIpc) is 3.17. The Morgan fingerprint density at radius 3 is 1.47 bits per heavy atom. The van der Waals surface area contributed by atoms with E-state index < -0.39 is 29.7 Å². The zero-order valence-electron chi connectivity index (χ0n) is 33.2. The average molecular weight is 861 g/mol. The second-order valence-electron chi connectivity index (χ2n) is 15.0. The largest absolute Gasteiger partial charge is 0.466 e. The Labute approximate surface area is 360 Å². The third-order valence-electron chi connectivity index (χ3n) is 9.77. The number of halogens is 4. The van der Waals surface area contributed by atoms with Crippen LogP contribution in [0.1, 0.15) is 66.5 Å². The smallest absolute Gasteiger partial charge is 0.314 e. The lowest BCUT2D eigenvalue weighted by Crippen LogP contribution is -2.40. The number of carbonyl (C=O) groups excluding carboxylic acids is 2. The highest BCUT2D eigenvalue weighted by molar-refractivity contribution is 6.48. The molecule has 0 aliphatic carbocycles. The Morgan fingerprint density at radius 2 is 1.10 bits per heavy atom. The molecule has 0 amide bonds. The molecule has 5 N–H and O–H groups in total. The third kappa shape index (κ3) is 15.9. The van der Waals surface area contributed by atoms with Gasteiger partial charge in [-0.05, 0) is 124 Å². The Bertz CT molecular complexity index is 1900. The molecular weight excluding hydrogens is 798 g/mol. The van der Waals surface area contributed by atoms with E-state index in [0.717, 1.165) is 22.3 Å². The molecule has 0 radical (unpaired) electrons. The van der Waals surface area contributed by atoms with Gasteiger partial charge in [0.2, 0.25) is 0 Å². The highest BCUT2D eigenvalue weighted by Gasteiger charge is 2.38. The third-order valence-corrected chi connectivity index (χ3v) is 10.2. The Morgan fingerprint density at radius 1 is 0.712 bits per heavy atom. The van der Waals surface area contributed by atoms with Crippen molar-refractivity contribution in [3.63, 3.8) is 0 Å². The Balaban J connectivity index is 0.000000573. The van der Waals surface area contributed by atoms with Crippen LogP contribution in [-0.4, -0.2) is 66.6 Å². The molecule has 4 aromatic rings. The van der Waals surface area contributed by atoms with Crippen molar-refractivity contribution in [3.8, 4) is 22.3 Å². The van der Waals surface area contributed by atoms with Crippen LogP contribution < -0.4 is 5.73 Å². The highest BCUT2D eigenvalue weighted by atomic mass is 35.5. The van der Waals surface area contributed by atoms with Gasteiger partial charge in [-0.15, -0.1) is 0 Å². The van der Waals surface area contributed by atoms with Gasteiger partial charge in [-0.1, -0.05) is 93.4 Å². The second-order valence-corrected chi connectivity index (χ2v) is 15.9. The van der Waals surface area contributed by atoms with Gasteiger partial charge < -0.3 is 30.4 Å². The molecule has 0 saturated carbocycles. The number of aliphatic hydroxyl groups is 2. The van der Waals surface area contributed by atoms with Crippen LogP contribution in [0, 0.1) is 28.4 Å². The molecule has 324 valence electrons. The van der Waals surface area contributed by atoms with Gasteiger partial charge in [0.15, 0.2) is 0 Å². The summed E-state index contributed by atoms with van der Waals surface area (Å²) in [4.78, 5) is 24.4. The Hall–Kier alpha value is -3.84. The van der Waals surface area contributed by atoms with Crippen LogP contribution >= 0.6 is 23.2 Å². The van der Waals surface area contributed by atoms with Crippen molar-refractivity contribution in [1.29, 1.82) is 0 Å². The van der Waals surface area contributed by atoms with Crippen LogP contribution in [0.2, 0.25) is 23.2 Å². The first-order chi connectivity index (χ1) is 27.0. The van der Waals surface area contributed by atoms with Gasteiger partial charge in [-0.3, -0.25) is 9.59 Å². The minimum atomic E-state index is -1.03. The molecule has 8 nitrogen and oxygen atoms in total. The molecule has 59 heavy (non-hydrogen) atoms. The highest BCUT2D eigenvalue weighted by Crippen LogP contribution is 2.34. The molecule has 0 heterocycles. The molecule has 0 fully saturated rings. The maximum atomic E-state index is 14.1. The van der Waals surface area contributed by atoms with Gasteiger partial charge in [0.25, 0.3) is 6.92 Å². The number of aliphatic hydroxyl groups excluding tert-OH is 2. The lowest BCUT2D eigenvalue weighted by atomic mass is 9.60. The topological polar surface area (TPSA) is 139 Å². The summed E-state index contributed by atoms with van der Waals surface area (Å²) in [5.41, 5.74) is 8.41. The van der Waals surface area contributed by atoms with Crippen LogP contribution in [-0.2, 0) is 31.9 Å². The van der Waals surface area contributed by atoms with Crippen molar-refractivity contribution in [2.45, 2.75) is 87.4 Å². The van der Waals surface area contributed by atoms with E-state index in [4.69, 9.17) is 38.4 Å². The van der Waals surface area contributed by atoms with Crippen LogP contribution in [0.4, 0.5) is 8.78 Å². The standard InChI is InChI=1S/C23H29BClFO4.C21H25ClFNO3.2CH4/c1-4-30-22(28)23(2,15-27)13-17(14-24(3)29)11-16-5-7-18(8-6-16)20-12-19(25)9-10-21(20)26;1-3-27-20(26)21(2,13-25)12-17(24)10-14-4-6-15(7-5-14)18-11-16(22)8-9-19(18)23;;/h5-10,12,17,27,29H,4,11,13-15H2,1-3H3;4-9,11,17,25H,3,10,12-13,24H2,1-2H3;2*1H4/t17-,23+;17-,21+;;/m11../s1. The number of nitrogens with two attached hydrogens (primary N) is 1. The van der Waals surface area contributed by atoms with Crippen molar-refractivity contribution in [1.82, 2.24) is 0 Å². The van der Waals surface area contributed by atoms with Crippen molar-refractivity contribution in [2.75, 3.05) is 26.4 Å². The van der Waals surface area contributed by atoms with Crippen molar-refractivity contribution < 1.29 is 43.1 Å². The number of benzene rings is 4. The van der Waals surface area contributed by atoms with E-state index in [1.165, 1.54) is 24.3 Å². The summed E-state index contributed by atoms with van der Waals surface area (Å²) in [6, 6.07) is 23.4. The zero-order valence-corrected chi connectivity index (χ0v) is 34.8. The first kappa shape index (κ1) is 53.2. The molecule has 0 aromatic heterocycles. The van der Waals surface area contributed by atoms with Crippen LogP contribution in [0.25, 0.3) is 22.3 Å². The monoisotopic (exact) mass is 859 g/mol. The van der Waals surface area contributed by atoms with Gasteiger partial charge >= 0.3 is 11.9 Å². The van der Waals surface area contributed by atoms with Crippen LogP contribution in [0.15, 0.2) is 84.9 Å². The van der Waals surface area contributed by atoms with E-state index in [1.54, 1.807) is 46.7 Å². The van der Waals surface area contributed by atoms with Gasteiger partial charge in [-0.25, -0.2) is 8.78 Å². The summed E-state index contributed by atoms with van der Waals surface area (Å²) < 4.78 is 38.3. The fourth-order valence-electron chi connectivity index (χ4n) is 6.76. The summed E-state index contributed by atoms with van der Waals surface area (Å²) in [5, 5.41) is 30.3. The molecule has 0 aliphatic heterocycles. The lowest BCUT2D eigenvalue weighted by molar-refractivity contribution is -0.158. The predicted molar refractivity (Wildman–Crippen MR) is 238 cm³/mol. The Kier molecular flexibility index (Phi) is 22.6. The predicted octanol–water partition coefficient (Wildman–Crippen LogP) is 10.1. The lowest BCUT2D eigenvalue weighted by Gasteiger charge is -2.30. The van der Waals surface area contributed by atoms with E-state index >= 15 is 0 Å². The maximum absolute atomic E-state index is 14.1. The summed E-state index contributed by atoms with van der Waals surface area (Å²) >= 11 is 11.9. The van der Waals surface area contributed by atoms with Gasteiger partial charge in [0.1, 0.15) is 11.6 Å². The van der Waals surface area contributed by atoms with E-state index in [2.05, 4.69) is 0 Å². The molecule has 4 rings (SSSR count). The molecule has 4 atom stereocenters. The minimum absolute atomic E-state index is 0. The van der Waals surface area contributed by atoms with Crippen LogP contribution in [0.3, 0.4) is 0 Å². The first-order valence-electron chi connectivity index (χ1n) is 19.1. The fourth-order valence-corrected chi connectivity index (χ4v) is 7.10. The summed E-state index contributed by atoms with van der Waals surface area (Å²) in [6.07, 6.45) is 2.30. The molecule has 0 aliphatic rings. The van der Waals surface area contributed by atoms with E-state index in [9.17, 15) is 33.6 Å². The fraction of sp³-hybridized carbons (Fsp3) is 0.435. The number of carbonyl (C=O) groups is 2. The molecule has 0 saturated heterocycles. The summed E-state index contributed by atoms with van der Waals surface area (Å²) in [6.45, 7) is 7.80. The number of hydrogen-bond donors (Lipinski definition) is 4. The maximum Gasteiger partial charge on any atom is 0.314 e. The number of esters is 2. The molecule has 13 heteroatoms. The van der Waals surface area contributed by atoms with Crippen molar-refractivity contribution >= 4 is 42.1 Å². The van der Waals surface area contributed by atoms with Crippen LogP contribution in [0.5, 0.6) is 0 Å². The molecular formula is C46H62BCl2F2NO7. The van der Waals surface area contributed by atoms with Crippen molar-refractivity contribution in [3.05, 3.63) is 118 Å². The van der Waals surface area contributed by atoms with Gasteiger partial charge in [-0.2, -0.15) is 0 Å². The normalized spacial score (nSPS) is 13.8. The van der Waals surface area contributed by atoms with Gasteiger partial charge in [0, 0.05) is 27.2 Å². The molecule has 4 aromatic carbocycles. The molecule has 0 unspecified atom stereocenters. The number of rotatable bonds is 18. The quantitative estimate of drug-likeness (QED) is 0.0573. The number of hydrogen-bond acceptors (Lipinski definition) is 8. The van der Waals surface area contributed by atoms with Crippen molar-refractivity contribution in [2.24, 2.45) is 22.5 Å². The summed E-state index contributed by atoms with van der Waals surface area (Å²) in [5.74, 6) is -1.60. The SMILES string of the molecule is C.C.CCOC(=O)[C@](C)(CO)C[C@H](CB(C)O)Cc1ccc(-c2cc(Cl)ccc2F)cc1.CCOC(=O)[C@](C)(CO)C[C@H](N)Cc1ccc(-c2cc(Cl)ccc2F)cc1. The minimum Gasteiger partial charge on any atom is -0.466 e. The molecule has 0 bridgehead atoms. The number of ether oxygens (including phenoxy) is 2. The van der Waals surface area contributed by atoms with E-state index in [1.807, 2.05) is 48.5 Å². The first-order valence-corrected chi connectivity index (χ1v) is 19.8. The van der Waals surface area contributed by atoms with E-state index in [0.29, 0.717) is 53.2 Å². The van der Waals surface area contributed by atoms with E-state index in [-0.39, 0.29) is 64.9 Å². The summed E-state index contributed by atoms with van der Waals surface area (Å²) in [7, 11) is 0. The van der Waals surface area contributed by atoms with Gasteiger partial charge in [0.05, 0.1) is 37.3 Å². The molecule has 0 spiro atoms. The zero-order chi connectivity index (χ0) is 42.3. The second kappa shape index (κ2) is 25.1.